The van der Waals surface area contributed by atoms with Crippen molar-refractivity contribution in [3.63, 3.8) is 0 Å². The van der Waals surface area contributed by atoms with Crippen LogP contribution in [-0.4, -0.2) is 5.78 Å². The number of rotatable bonds is 3. The molecule has 2 nitrogen and oxygen atoms in total. The molecule has 2 rings (SSSR count). The first-order chi connectivity index (χ1) is 8.56. The lowest BCUT2D eigenvalue weighted by Crippen LogP contribution is -1.93. The fourth-order valence-corrected chi connectivity index (χ4v) is 1.60. The monoisotopic (exact) mass is 244 g/mol. The third-order valence-corrected chi connectivity index (χ3v) is 2.61. The molecule has 0 bridgehead atoms. The van der Waals surface area contributed by atoms with Crippen LogP contribution in [0.4, 0.5) is 4.39 Å². The highest BCUT2D eigenvalue weighted by Gasteiger charge is 2.04. The van der Waals surface area contributed by atoms with Crippen LogP contribution in [0.25, 0.3) is 0 Å². The molecule has 0 amide bonds. The van der Waals surface area contributed by atoms with Gasteiger partial charge >= 0.3 is 0 Å². The van der Waals surface area contributed by atoms with E-state index in [0.717, 1.165) is 0 Å². The van der Waals surface area contributed by atoms with Gasteiger partial charge < -0.3 is 4.74 Å². The first-order valence-corrected chi connectivity index (χ1v) is 5.61. The van der Waals surface area contributed by atoms with Crippen LogP contribution < -0.4 is 4.74 Å². The number of hydrogen-bond donors (Lipinski definition) is 0. The normalized spacial score (nSPS) is 10.2. The summed E-state index contributed by atoms with van der Waals surface area (Å²) >= 11 is 0. The molecule has 0 aliphatic carbocycles. The lowest BCUT2D eigenvalue weighted by atomic mass is 10.1. The van der Waals surface area contributed by atoms with Crippen molar-refractivity contribution in [3.05, 3.63) is 59.4 Å². The highest BCUT2D eigenvalue weighted by molar-refractivity contribution is 5.94. The van der Waals surface area contributed by atoms with Crippen molar-refractivity contribution in [1.82, 2.24) is 0 Å². The average molecular weight is 244 g/mol. The van der Waals surface area contributed by atoms with Crippen LogP contribution in [0.1, 0.15) is 22.8 Å². The van der Waals surface area contributed by atoms with Crippen LogP contribution in [0.3, 0.4) is 0 Å². The highest BCUT2D eigenvalue weighted by Crippen LogP contribution is 2.24. The predicted molar refractivity (Wildman–Crippen MR) is 67.7 cm³/mol. The van der Waals surface area contributed by atoms with Crippen molar-refractivity contribution in [3.8, 4) is 11.5 Å². The second-order valence-electron chi connectivity index (χ2n) is 4.10. The van der Waals surface area contributed by atoms with Gasteiger partial charge in [0.25, 0.3) is 0 Å². The molecule has 2 aromatic carbocycles. The second kappa shape index (κ2) is 5.00. The number of carbonyl (C=O) groups excluding carboxylic acids is 1. The first kappa shape index (κ1) is 12.3. The molecule has 0 fully saturated rings. The summed E-state index contributed by atoms with van der Waals surface area (Å²) in [7, 11) is 0. The number of hydrogen-bond acceptors (Lipinski definition) is 2. The Morgan fingerprint density at radius 2 is 1.83 bits per heavy atom. The lowest BCUT2D eigenvalue weighted by molar-refractivity contribution is 0.101. The molecule has 0 saturated carbocycles. The van der Waals surface area contributed by atoms with E-state index >= 15 is 0 Å². The average Bonchev–Trinajstić information content (AvgIpc) is 2.34. The summed E-state index contributed by atoms with van der Waals surface area (Å²) in [4.78, 5) is 11.2. The zero-order valence-corrected chi connectivity index (χ0v) is 10.2. The topological polar surface area (TPSA) is 26.3 Å². The highest BCUT2D eigenvalue weighted by atomic mass is 19.1. The van der Waals surface area contributed by atoms with E-state index in [9.17, 15) is 9.18 Å². The number of Topliss-reactive ketones (excluding diaryl/α,β-unsaturated/α-hetero) is 1. The molecule has 2 aromatic rings. The molecule has 3 heteroatoms. The van der Waals surface area contributed by atoms with Crippen LogP contribution in [0, 0.1) is 12.7 Å². The Balaban J connectivity index is 2.25. The second-order valence-corrected chi connectivity index (χ2v) is 4.10. The van der Waals surface area contributed by atoms with E-state index in [-0.39, 0.29) is 11.6 Å². The van der Waals surface area contributed by atoms with Crippen molar-refractivity contribution < 1.29 is 13.9 Å². The molecule has 0 aromatic heterocycles. The summed E-state index contributed by atoms with van der Waals surface area (Å²) in [5.41, 5.74) is 1.11. The lowest BCUT2D eigenvalue weighted by Gasteiger charge is -2.07. The molecule has 0 saturated heterocycles. The Kier molecular flexibility index (Phi) is 3.42. The number of halogens is 1. The molecule has 0 unspecified atom stereocenters. The summed E-state index contributed by atoms with van der Waals surface area (Å²) in [6, 6.07) is 11.4. The van der Waals surface area contributed by atoms with Gasteiger partial charge in [0.2, 0.25) is 0 Å². The summed E-state index contributed by atoms with van der Waals surface area (Å²) in [6.45, 7) is 3.18. The third-order valence-electron chi connectivity index (χ3n) is 2.61. The summed E-state index contributed by atoms with van der Waals surface area (Å²) in [5.74, 6) is 0.832. The summed E-state index contributed by atoms with van der Waals surface area (Å²) in [6.07, 6.45) is 0. The number of aryl methyl sites for hydroxylation is 1. The molecule has 18 heavy (non-hydrogen) atoms. The molecule has 0 atom stereocenters. The molecular formula is C15H13FO2. The van der Waals surface area contributed by atoms with Gasteiger partial charge in [0.15, 0.2) is 5.78 Å². The van der Waals surface area contributed by atoms with Gasteiger partial charge in [-0.2, -0.15) is 0 Å². The number of carbonyl (C=O) groups is 1. The first-order valence-electron chi connectivity index (χ1n) is 5.61. The van der Waals surface area contributed by atoms with Gasteiger partial charge in [-0.15, -0.1) is 0 Å². The van der Waals surface area contributed by atoms with E-state index in [4.69, 9.17) is 4.74 Å². The Morgan fingerprint density at radius 3 is 2.50 bits per heavy atom. The molecule has 0 aliphatic heterocycles. The molecule has 0 radical (unpaired) electrons. The van der Waals surface area contributed by atoms with Crippen LogP contribution in [0.15, 0.2) is 42.5 Å². The molecule has 0 spiro atoms. The quantitative estimate of drug-likeness (QED) is 0.759. The van der Waals surface area contributed by atoms with Gasteiger partial charge in [0.1, 0.15) is 17.3 Å². The van der Waals surface area contributed by atoms with Gasteiger partial charge in [0, 0.05) is 5.56 Å². The van der Waals surface area contributed by atoms with Gasteiger partial charge in [-0.1, -0.05) is 12.1 Å². The fraction of sp³-hybridized carbons (Fsp3) is 0.133. The maximum Gasteiger partial charge on any atom is 0.159 e. The van der Waals surface area contributed by atoms with Crippen LogP contribution in [-0.2, 0) is 0 Å². The molecule has 92 valence electrons. The van der Waals surface area contributed by atoms with E-state index < -0.39 is 0 Å². The number of benzene rings is 2. The summed E-state index contributed by atoms with van der Waals surface area (Å²) in [5, 5.41) is 0. The minimum absolute atomic E-state index is 0.0178. The van der Waals surface area contributed by atoms with Gasteiger partial charge in [-0.05, 0) is 49.7 Å². The van der Waals surface area contributed by atoms with Crippen molar-refractivity contribution in [2.24, 2.45) is 0 Å². The Morgan fingerprint density at radius 1 is 1.11 bits per heavy atom. The molecule has 0 aliphatic rings. The molecule has 0 N–H and O–H groups in total. The van der Waals surface area contributed by atoms with Crippen molar-refractivity contribution in [2.75, 3.05) is 0 Å². The maximum absolute atomic E-state index is 13.1. The van der Waals surface area contributed by atoms with Crippen LogP contribution >= 0.6 is 0 Å². The zero-order chi connectivity index (χ0) is 13.1. The Bertz CT molecular complexity index is 591. The van der Waals surface area contributed by atoms with E-state index in [1.54, 1.807) is 43.3 Å². The zero-order valence-electron chi connectivity index (χ0n) is 10.2. The smallest absolute Gasteiger partial charge is 0.159 e. The van der Waals surface area contributed by atoms with E-state index in [1.807, 2.05) is 0 Å². The number of ketones is 1. The van der Waals surface area contributed by atoms with Gasteiger partial charge in [0.05, 0.1) is 0 Å². The van der Waals surface area contributed by atoms with E-state index in [1.165, 1.54) is 13.0 Å². The van der Waals surface area contributed by atoms with Crippen molar-refractivity contribution >= 4 is 5.78 Å². The van der Waals surface area contributed by atoms with Gasteiger partial charge in [-0.3, -0.25) is 4.79 Å². The van der Waals surface area contributed by atoms with E-state index in [2.05, 4.69) is 0 Å². The van der Waals surface area contributed by atoms with Crippen molar-refractivity contribution in [1.29, 1.82) is 0 Å². The van der Waals surface area contributed by atoms with Crippen LogP contribution in [0.5, 0.6) is 11.5 Å². The van der Waals surface area contributed by atoms with E-state index in [0.29, 0.717) is 22.6 Å². The maximum atomic E-state index is 13.1. The van der Waals surface area contributed by atoms with Crippen LogP contribution in [0.2, 0.25) is 0 Å². The van der Waals surface area contributed by atoms with Crippen molar-refractivity contribution in [2.45, 2.75) is 13.8 Å². The predicted octanol–water partition coefficient (Wildman–Crippen LogP) is 4.13. The SMILES string of the molecule is CC(=O)c1cccc(Oc2ccc(F)c(C)c2)c1. The fourth-order valence-electron chi connectivity index (χ4n) is 1.60. The number of ether oxygens (including phenoxy) is 1. The third kappa shape index (κ3) is 2.74. The van der Waals surface area contributed by atoms with Gasteiger partial charge in [-0.25, -0.2) is 4.39 Å². The minimum atomic E-state index is -0.264. The largest absolute Gasteiger partial charge is 0.457 e. The standard InChI is InChI=1S/C15H13FO2/c1-10-8-14(6-7-15(10)16)18-13-5-3-4-12(9-13)11(2)17/h3-9H,1-2H3. The molecule has 0 heterocycles. The Labute approximate surface area is 105 Å². The minimum Gasteiger partial charge on any atom is -0.457 e. The Hall–Kier alpha value is -2.16. The summed E-state index contributed by atoms with van der Waals surface area (Å²) < 4.78 is 18.7. The molecular weight excluding hydrogens is 231 g/mol.